The maximum atomic E-state index is 10.2. The number of ether oxygens (including phenoxy) is 1. The summed E-state index contributed by atoms with van der Waals surface area (Å²) in [5.41, 5.74) is 0.445. The summed E-state index contributed by atoms with van der Waals surface area (Å²) in [6.45, 7) is 4.55. The maximum Gasteiger partial charge on any atom is 0.103 e. The highest BCUT2D eigenvalue weighted by atomic mass is 16.5. The molecule has 1 saturated heterocycles. The van der Waals surface area contributed by atoms with Gasteiger partial charge in [-0.15, -0.1) is 0 Å². The molecule has 1 aliphatic heterocycles. The average Bonchev–Trinajstić information content (AvgIpc) is 2.65. The van der Waals surface area contributed by atoms with Crippen molar-refractivity contribution in [2.75, 3.05) is 19.8 Å². The number of imidazole rings is 1. The van der Waals surface area contributed by atoms with Crippen LogP contribution in [0.15, 0.2) is 6.20 Å². The van der Waals surface area contributed by atoms with Gasteiger partial charge in [-0.05, 0) is 6.92 Å². The number of aromatic amines is 1. The zero-order valence-electron chi connectivity index (χ0n) is 9.62. The molecule has 0 bridgehead atoms. The van der Waals surface area contributed by atoms with E-state index in [0.29, 0.717) is 39.1 Å². The van der Waals surface area contributed by atoms with Crippen molar-refractivity contribution in [2.24, 2.45) is 0 Å². The van der Waals surface area contributed by atoms with Crippen LogP contribution in [0.25, 0.3) is 0 Å². The predicted octanol–water partition coefficient (Wildman–Crippen LogP) is 0.349. The number of nitrogens with zero attached hydrogens (tertiary/aromatic N) is 1. The molecule has 0 unspecified atom stereocenters. The van der Waals surface area contributed by atoms with E-state index in [4.69, 9.17) is 4.74 Å². The van der Waals surface area contributed by atoms with Gasteiger partial charge in [0.25, 0.3) is 0 Å². The third kappa shape index (κ3) is 3.04. The Morgan fingerprint density at radius 3 is 2.94 bits per heavy atom. The van der Waals surface area contributed by atoms with Gasteiger partial charge in [0.1, 0.15) is 5.82 Å². The summed E-state index contributed by atoms with van der Waals surface area (Å²) < 4.78 is 5.23. The van der Waals surface area contributed by atoms with Crippen LogP contribution in [0.4, 0.5) is 0 Å². The topological polar surface area (TPSA) is 70.2 Å². The van der Waals surface area contributed by atoms with Gasteiger partial charge < -0.3 is 20.1 Å². The lowest BCUT2D eigenvalue weighted by molar-refractivity contribution is -0.0617. The lowest BCUT2D eigenvalue weighted by atomic mass is 9.94. The third-order valence-corrected chi connectivity index (χ3v) is 2.95. The Balaban J connectivity index is 1.74. The van der Waals surface area contributed by atoms with E-state index in [1.165, 1.54) is 0 Å². The third-order valence-electron chi connectivity index (χ3n) is 2.95. The number of hydrogen-bond donors (Lipinski definition) is 3. The molecular weight excluding hydrogens is 206 g/mol. The molecule has 0 aliphatic carbocycles. The Morgan fingerprint density at radius 2 is 2.31 bits per heavy atom. The minimum Gasteiger partial charge on any atom is -0.388 e. The molecule has 1 aromatic heterocycles. The fourth-order valence-corrected chi connectivity index (χ4v) is 1.92. The number of nitrogens with one attached hydrogen (secondary N) is 2. The molecule has 0 atom stereocenters. The number of aromatic nitrogens is 2. The number of aryl methyl sites for hydroxylation is 1. The maximum absolute atomic E-state index is 10.2. The second-order valence-electron chi connectivity index (χ2n) is 4.43. The summed E-state index contributed by atoms with van der Waals surface area (Å²) in [5, 5.41) is 13.4. The quantitative estimate of drug-likeness (QED) is 0.691. The Morgan fingerprint density at radius 1 is 1.56 bits per heavy atom. The van der Waals surface area contributed by atoms with Crippen LogP contribution in [0.1, 0.15) is 24.4 Å². The predicted molar refractivity (Wildman–Crippen MR) is 60.0 cm³/mol. The van der Waals surface area contributed by atoms with Crippen molar-refractivity contribution in [3.8, 4) is 0 Å². The van der Waals surface area contributed by atoms with Gasteiger partial charge in [-0.1, -0.05) is 0 Å². The highest BCUT2D eigenvalue weighted by molar-refractivity contribution is 4.99. The molecule has 1 aromatic rings. The van der Waals surface area contributed by atoms with E-state index in [9.17, 15) is 5.11 Å². The molecule has 5 nitrogen and oxygen atoms in total. The molecule has 1 fully saturated rings. The second-order valence-corrected chi connectivity index (χ2v) is 4.43. The van der Waals surface area contributed by atoms with E-state index < -0.39 is 5.60 Å². The molecule has 1 aliphatic rings. The first-order valence-corrected chi connectivity index (χ1v) is 5.69. The number of aliphatic hydroxyl groups is 1. The van der Waals surface area contributed by atoms with Gasteiger partial charge >= 0.3 is 0 Å². The average molecular weight is 225 g/mol. The van der Waals surface area contributed by atoms with Crippen LogP contribution < -0.4 is 5.32 Å². The summed E-state index contributed by atoms with van der Waals surface area (Å²) >= 11 is 0. The monoisotopic (exact) mass is 225 g/mol. The molecular formula is C11H19N3O2. The summed E-state index contributed by atoms with van der Waals surface area (Å²) in [6, 6.07) is 0. The fourth-order valence-electron chi connectivity index (χ4n) is 1.92. The zero-order valence-corrected chi connectivity index (χ0v) is 9.62. The van der Waals surface area contributed by atoms with Crippen molar-refractivity contribution >= 4 is 0 Å². The van der Waals surface area contributed by atoms with E-state index in [0.717, 1.165) is 11.5 Å². The van der Waals surface area contributed by atoms with Crippen molar-refractivity contribution < 1.29 is 9.84 Å². The first-order chi connectivity index (χ1) is 7.68. The van der Waals surface area contributed by atoms with Gasteiger partial charge in [-0.3, -0.25) is 0 Å². The molecule has 16 heavy (non-hydrogen) atoms. The Labute approximate surface area is 95.2 Å². The summed E-state index contributed by atoms with van der Waals surface area (Å²) in [5.74, 6) is 0.918. The minimum atomic E-state index is -0.604. The Kier molecular flexibility index (Phi) is 3.58. The van der Waals surface area contributed by atoms with Crippen molar-refractivity contribution in [3.63, 3.8) is 0 Å². The van der Waals surface area contributed by atoms with Gasteiger partial charge in [-0.25, -0.2) is 4.98 Å². The molecule has 2 rings (SSSR count). The van der Waals surface area contributed by atoms with Crippen LogP contribution in [0.3, 0.4) is 0 Å². The van der Waals surface area contributed by atoms with Crippen LogP contribution in [0, 0.1) is 6.92 Å². The van der Waals surface area contributed by atoms with Crippen molar-refractivity contribution in [2.45, 2.75) is 31.9 Å². The smallest absolute Gasteiger partial charge is 0.103 e. The summed E-state index contributed by atoms with van der Waals surface area (Å²) in [4.78, 5) is 7.27. The van der Waals surface area contributed by atoms with Crippen LogP contribution >= 0.6 is 0 Å². The van der Waals surface area contributed by atoms with Crippen LogP contribution in [-0.4, -0.2) is 40.4 Å². The molecule has 0 spiro atoms. The lowest BCUT2D eigenvalue weighted by Crippen LogP contribution is -2.44. The van der Waals surface area contributed by atoms with Gasteiger partial charge in [0.15, 0.2) is 0 Å². The molecule has 5 heteroatoms. The highest BCUT2D eigenvalue weighted by Gasteiger charge is 2.29. The summed E-state index contributed by atoms with van der Waals surface area (Å²) in [6.07, 6.45) is 3.24. The highest BCUT2D eigenvalue weighted by Crippen LogP contribution is 2.19. The first-order valence-electron chi connectivity index (χ1n) is 5.69. The van der Waals surface area contributed by atoms with Crippen molar-refractivity contribution in [1.29, 1.82) is 0 Å². The molecule has 0 amide bonds. The summed E-state index contributed by atoms with van der Waals surface area (Å²) in [7, 11) is 0. The molecule has 0 radical (unpaired) electrons. The molecule has 0 saturated carbocycles. The second kappa shape index (κ2) is 4.95. The van der Waals surface area contributed by atoms with Gasteiger partial charge in [0.05, 0.1) is 5.60 Å². The SMILES string of the molecule is Cc1ncc(CNCC2(O)CCOCC2)[nH]1. The standard InChI is InChI=1S/C11H19N3O2/c1-9-13-7-10(14-9)6-12-8-11(15)2-4-16-5-3-11/h7,12,15H,2-6,8H2,1H3,(H,13,14). The first kappa shape index (κ1) is 11.6. The lowest BCUT2D eigenvalue weighted by Gasteiger charge is -2.32. The number of H-pyrrole nitrogens is 1. The van der Waals surface area contributed by atoms with E-state index in [1.807, 2.05) is 13.1 Å². The van der Waals surface area contributed by atoms with E-state index in [-0.39, 0.29) is 0 Å². The van der Waals surface area contributed by atoms with E-state index >= 15 is 0 Å². The van der Waals surface area contributed by atoms with E-state index in [2.05, 4.69) is 15.3 Å². The molecule has 2 heterocycles. The molecule has 90 valence electrons. The number of hydrogen-bond acceptors (Lipinski definition) is 4. The van der Waals surface area contributed by atoms with Crippen LogP contribution in [0.2, 0.25) is 0 Å². The van der Waals surface area contributed by atoms with Crippen LogP contribution in [-0.2, 0) is 11.3 Å². The minimum absolute atomic E-state index is 0.604. The Hall–Kier alpha value is -0.910. The zero-order chi connectivity index (χ0) is 11.4. The fraction of sp³-hybridized carbons (Fsp3) is 0.727. The Bertz CT molecular complexity index is 332. The van der Waals surface area contributed by atoms with Crippen molar-refractivity contribution in [3.05, 3.63) is 17.7 Å². The normalized spacial score (nSPS) is 19.9. The molecule has 0 aromatic carbocycles. The largest absolute Gasteiger partial charge is 0.388 e. The molecule has 3 N–H and O–H groups in total. The number of rotatable bonds is 4. The van der Waals surface area contributed by atoms with Crippen molar-refractivity contribution in [1.82, 2.24) is 15.3 Å². The van der Waals surface area contributed by atoms with Gasteiger partial charge in [0, 0.05) is 51.0 Å². The van der Waals surface area contributed by atoms with Gasteiger partial charge in [-0.2, -0.15) is 0 Å². The van der Waals surface area contributed by atoms with Crippen LogP contribution in [0.5, 0.6) is 0 Å². The van der Waals surface area contributed by atoms with Gasteiger partial charge in [0.2, 0.25) is 0 Å². The van der Waals surface area contributed by atoms with E-state index in [1.54, 1.807) is 0 Å².